The van der Waals surface area contributed by atoms with Crippen molar-refractivity contribution in [3.63, 3.8) is 0 Å². The topological polar surface area (TPSA) is 46.6 Å². The molecule has 1 heterocycles. The summed E-state index contributed by atoms with van der Waals surface area (Å²) in [5, 5.41) is 1.94. The molecule has 0 saturated carbocycles. The minimum Gasteiger partial charge on any atom is -0.488 e. The Morgan fingerprint density at radius 2 is 1.76 bits per heavy atom. The largest absolute Gasteiger partial charge is 0.488 e. The van der Waals surface area contributed by atoms with Gasteiger partial charge in [0.05, 0.1) is 11.4 Å². The lowest BCUT2D eigenvalue weighted by Gasteiger charge is -2.11. The molecule has 2 amide bonds. The first-order valence-electron chi connectivity index (χ1n) is 9.04. The summed E-state index contributed by atoms with van der Waals surface area (Å²) in [4.78, 5) is 25.8. The maximum absolute atomic E-state index is 12.4. The van der Waals surface area contributed by atoms with Crippen LogP contribution in [0.25, 0.3) is 16.8 Å². The average Bonchev–Trinajstić information content (AvgIpc) is 3.01. The summed E-state index contributed by atoms with van der Waals surface area (Å²) in [7, 11) is 0. The van der Waals surface area contributed by atoms with Gasteiger partial charge in [-0.3, -0.25) is 14.5 Å². The van der Waals surface area contributed by atoms with Gasteiger partial charge in [0.2, 0.25) is 0 Å². The molecule has 4 rings (SSSR count). The van der Waals surface area contributed by atoms with Crippen molar-refractivity contribution in [1.29, 1.82) is 0 Å². The maximum Gasteiger partial charge on any atom is 0.294 e. The summed E-state index contributed by atoms with van der Waals surface area (Å²) in [6, 6.07) is 21.7. The molecule has 1 fully saturated rings. The summed E-state index contributed by atoms with van der Waals surface area (Å²) < 4.78 is 6.08. The zero-order valence-corrected chi connectivity index (χ0v) is 16.3. The van der Waals surface area contributed by atoms with Gasteiger partial charge in [-0.15, -0.1) is 6.42 Å². The molecule has 0 bridgehead atoms. The molecule has 3 aromatic carbocycles. The molecule has 1 aliphatic heterocycles. The van der Waals surface area contributed by atoms with E-state index in [4.69, 9.17) is 11.2 Å². The predicted molar refractivity (Wildman–Crippen MR) is 116 cm³/mol. The zero-order chi connectivity index (χ0) is 20.2. The van der Waals surface area contributed by atoms with Crippen molar-refractivity contribution in [2.45, 2.75) is 6.61 Å². The fourth-order valence-electron chi connectivity index (χ4n) is 3.17. The Hall–Kier alpha value is -3.49. The van der Waals surface area contributed by atoms with Gasteiger partial charge < -0.3 is 4.74 Å². The number of hydrogen-bond donors (Lipinski definition) is 0. The normalized spacial score (nSPS) is 15.1. The number of terminal acetylenes is 1. The summed E-state index contributed by atoms with van der Waals surface area (Å²) in [6.45, 7) is 0.367. The molecule has 0 N–H and O–H groups in total. The number of carbonyl (C=O) groups is 2. The molecule has 29 heavy (non-hydrogen) atoms. The molecule has 5 heteroatoms. The Kier molecular flexibility index (Phi) is 5.37. The van der Waals surface area contributed by atoms with E-state index in [1.165, 1.54) is 0 Å². The van der Waals surface area contributed by atoms with Crippen LogP contribution in [-0.4, -0.2) is 22.6 Å². The van der Waals surface area contributed by atoms with Gasteiger partial charge in [0, 0.05) is 5.56 Å². The van der Waals surface area contributed by atoms with E-state index >= 15 is 0 Å². The van der Waals surface area contributed by atoms with Crippen LogP contribution in [0.1, 0.15) is 11.1 Å². The van der Waals surface area contributed by atoms with Crippen molar-refractivity contribution in [2.75, 3.05) is 6.54 Å². The van der Waals surface area contributed by atoms with Crippen molar-refractivity contribution < 1.29 is 14.3 Å². The SMILES string of the molecule is C#CCN1C(=O)S/C(=C\c2ccccc2OCc2cccc3ccccc23)C1=O. The van der Waals surface area contributed by atoms with Gasteiger partial charge in [-0.2, -0.15) is 0 Å². The molecule has 0 spiro atoms. The van der Waals surface area contributed by atoms with Crippen LogP contribution >= 0.6 is 11.8 Å². The van der Waals surface area contributed by atoms with Crippen LogP contribution in [0, 0.1) is 12.3 Å². The Balaban J connectivity index is 1.59. The van der Waals surface area contributed by atoms with E-state index < -0.39 is 0 Å². The van der Waals surface area contributed by atoms with Crippen LogP contribution in [0.15, 0.2) is 71.6 Å². The fraction of sp³-hybridized carbons (Fsp3) is 0.0833. The van der Waals surface area contributed by atoms with Crippen molar-refractivity contribution in [3.05, 3.63) is 82.8 Å². The van der Waals surface area contributed by atoms with Crippen LogP contribution in [0.3, 0.4) is 0 Å². The van der Waals surface area contributed by atoms with Gasteiger partial charge in [-0.05, 0) is 40.2 Å². The molecule has 1 aliphatic rings. The molecule has 0 unspecified atom stereocenters. The second-order valence-corrected chi connectivity index (χ2v) is 7.43. The quantitative estimate of drug-likeness (QED) is 0.443. The lowest BCUT2D eigenvalue weighted by Crippen LogP contribution is -2.28. The van der Waals surface area contributed by atoms with Crippen LogP contribution in [0.2, 0.25) is 0 Å². The van der Waals surface area contributed by atoms with E-state index in [0.717, 1.165) is 38.6 Å². The number of fused-ring (bicyclic) bond motifs is 1. The summed E-state index contributed by atoms with van der Waals surface area (Å²) in [6.07, 6.45) is 6.92. The van der Waals surface area contributed by atoms with Gasteiger partial charge in [0.25, 0.3) is 11.1 Å². The monoisotopic (exact) mass is 399 g/mol. The van der Waals surface area contributed by atoms with E-state index in [9.17, 15) is 9.59 Å². The highest BCUT2D eigenvalue weighted by atomic mass is 32.2. The number of thioether (sulfide) groups is 1. The predicted octanol–water partition coefficient (Wildman–Crippen LogP) is 5.09. The third kappa shape index (κ3) is 3.89. The van der Waals surface area contributed by atoms with Crippen LogP contribution in [-0.2, 0) is 11.4 Å². The van der Waals surface area contributed by atoms with Gasteiger partial charge in [0.1, 0.15) is 12.4 Å². The molecule has 0 radical (unpaired) electrons. The van der Waals surface area contributed by atoms with Crippen LogP contribution < -0.4 is 4.74 Å². The zero-order valence-electron chi connectivity index (χ0n) is 15.5. The number of nitrogens with zero attached hydrogens (tertiary/aromatic N) is 1. The molecule has 1 saturated heterocycles. The summed E-state index contributed by atoms with van der Waals surface area (Å²) in [5.74, 6) is 2.61. The fourth-order valence-corrected chi connectivity index (χ4v) is 4.00. The Morgan fingerprint density at radius 3 is 2.62 bits per heavy atom. The molecule has 4 nitrogen and oxygen atoms in total. The number of imide groups is 1. The van der Waals surface area contributed by atoms with Gasteiger partial charge in [-0.1, -0.05) is 66.6 Å². The van der Waals surface area contributed by atoms with Gasteiger partial charge in [0.15, 0.2) is 0 Å². The minimum atomic E-state index is -0.373. The van der Waals surface area contributed by atoms with E-state index in [1.54, 1.807) is 6.08 Å². The molecule has 3 aromatic rings. The highest BCUT2D eigenvalue weighted by molar-refractivity contribution is 8.18. The Bertz CT molecular complexity index is 1170. The first-order chi connectivity index (χ1) is 14.2. The number of carbonyl (C=O) groups excluding carboxylic acids is 2. The van der Waals surface area contributed by atoms with Crippen molar-refractivity contribution >= 4 is 39.8 Å². The second kappa shape index (κ2) is 8.26. The van der Waals surface area contributed by atoms with Crippen LogP contribution in [0.5, 0.6) is 5.75 Å². The summed E-state index contributed by atoms with van der Waals surface area (Å²) >= 11 is 0.889. The standard InChI is InChI=1S/C24H17NO3S/c1-2-14-25-23(26)22(29-24(25)27)15-18-9-4-6-13-21(18)28-16-19-11-7-10-17-8-3-5-12-20(17)19/h1,3-13,15H,14,16H2/b22-15-. The number of para-hydroxylation sites is 1. The molecular weight excluding hydrogens is 382 g/mol. The van der Waals surface area contributed by atoms with Gasteiger partial charge in [-0.25, -0.2) is 0 Å². The first-order valence-corrected chi connectivity index (χ1v) is 9.86. The minimum absolute atomic E-state index is 0.0266. The maximum atomic E-state index is 12.4. The molecule has 0 aliphatic carbocycles. The Morgan fingerprint density at radius 1 is 1.00 bits per heavy atom. The van der Waals surface area contributed by atoms with Crippen molar-refractivity contribution in [2.24, 2.45) is 0 Å². The number of amides is 2. The highest BCUT2D eigenvalue weighted by Crippen LogP contribution is 2.34. The average molecular weight is 399 g/mol. The summed E-state index contributed by atoms with van der Waals surface area (Å²) in [5.41, 5.74) is 1.81. The second-order valence-electron chi connectivity index (χ2n) is 6.44. The van der Waals surface area contributed by atoms with E-state index in [0.29, 0.717) is 17.3 Å². The van der Waals surface area contributed by atoms with Crippen molar-refractivity contribution in [3.8, 4) is 18.1 Å². The first kappa shape index (κ1) is 18.9. The van der Waals surface area contributed by atoms with E-state index in [-0.39, 0.29) is 17.7 Å². The lowest BCUT2D eigenvalue weighted by atomic mass is 10.1. The molecule has 0 atom stereocenters. The number of hydrogen-bond acceptors (Lipinski definition) is 4. The van der Waals surface area contributed by atoms with Gasteiger partial charge >= 0.3 is 0 Å². The third-order valence-electron chi connectivity index (χ3n) is 4.59. The molecule has 0 aromatic heterocycles. The third-order valence-corrected chi connectivity index (χ3v) is 5.50. The highest BCUT2D eigenvalue weighted by Gasteiger charge is 2.34. The number of benzene rings is 3. The van der Waals surface area contributed by atoms with E-state index in [2.05, 4.69) is 24.1 Å². The Labute approximate surface area is 173 Å². The van der Waals surface area contributed by atoms with E-state index in [1.807, 2.05) is 48.5 Å². The molecule has 142 valence electrons. The molecular formula is C24H17NO3S. The van der Waals surface area contributed by atoms with Crippen molar-refractivity contribution in [1.82, 2.24) is 4.90 Å². The smallest absolute Gasteiger partial charge is 0.294 e. The van der Waals surface area contributed by atoms with Crippen LogP contribution in [0.4, 0.5) is 4.79 Å². The number of rotatable bonds is 5. The lowest BCUT2D eigenvalue weighted by molar-refractivity contribution is -0.122. The number of ether oxygens (including phenoxy) is 1.